The van der Waals surface area contributed by atoms with Crippen LogP contribution in [0.15, 0.2) is 0 Å². The maximum Gasteiger partial charge on any atom is 0.248 e. The molecule has 2 aliphatic heterocycles. The molecule has 2 saturated heterocycles. The molecule has 18 heavy (non-hydrogen) atoms. The molecule has 0 radical (unpaired) electrons. The highest BCUT2D eigenvalue weighted by Gasteiger charge is 2.39. The third-order valence-corrected chi connectivity index (χ3v) is 3.51. The molecule has 0 bridgehead atoms. The highest BCUT2D eigenvalue weighted by molar-refractivity contribution is 6.03. The lowest BCUT2D eigenvalue weighted by molar-refractivity contribution is -0.152. The van der Waals surface area contributed by atoms with Gasteiger partial charge in [-0.05, 0) is 13.8 Å². The number of imide groups is 1. The molecular formula is C12H21N3O3. The van der Waals surface area contributed by atoms with E-state index in [2.05, 4.69) is 10.2 Å². The molecule has 0 aromatic rings. The van der Waals surface area contributed by atoms with Crippen LogP contribution in [0.4, 0.5) is 0 Å². The Kier molecular flexibility index (Phi) is 3.99. The van der Waals surface area contributed by atoms with Crippen molar-refractivity contribution in [3.05, 3.63) is 0 Å². The van der Waals surface area contributed by atoms with E-state index >= 15 is 0 Å². The fourth-order valence-corrected chi connectivity index (χ4v) is 2.21. The van der Waals surface area contributed by atoms with Gasteiger partial charge >= 0.3 is 0 Å². The molecule has 0 atom stereocenters. The van der Waals surface area contributed by atoms with E-state index in [0.717, 1.165) is 32.8 Å². The van der Waals surface area contributed by atoms with Crippen molar-refractivity contribution in [2.75, 3.05) is 45.9 Å². The summed E-state index contributed by atoms with van der Waals surface area (Å²) < 4.78 is 5.27. The van der Waals surface area contributed by atoms with E-state index in [4.69, 9.17) is 4.74 Å². The molecule has 1 N–H and O–H groups in total. The van der Waals surface area contributed by atoms with Gasteiger partial charge in [0, 0.05) is 26.2 Å². The number of ether oxygens (including phenoxy) is 1. The fourth-order valence-electron chi connectivity index (χ4n) is 2.21. The van der Waals surface area contributed by atoms with Crippen LogP contribution in [-0.4, -0.2) is 73.1 Å². The largest absolute Gasteiger partial charge is 0.379 e. The average Bonchev–Trinajstić information content (AvgIpc) is 2.36. The van der Waals surface area contributed by atoms with Gasteiger partial charge in [0.25, 0.3) is 0 Å². The Hall–Kier alpha value is -0.980. The number of nitrogens with zero attached hydrogens (tertiary/aromatic N) is 2. The van der Waals surface area contributed by atoms with Crippen molar-refractivity contribution in [3.8, 4) is 0 Å². The molecule has 6 nitrogen and oxygen atoms in total. The summed E-state index contributed by atoms with van der Waals surface area (Å²) in [5, 5.41) is 2.95. The average molecular weight is 255 g/mol. The minimum Gasteiger partial charge on any atom is -0.379 e. The van der Waals surface area contributed by atoms with Gasteiger partial charge in [-0.25, -0.2) is 0 Å². The zero-order valence-corrected chi connectivity index (χ0v) is 11.1. The Labute approximate surface area is 107 Å². The molecule has 0 saturated carbocycles. The second-order valence-corrected chi connectivity index (χ2v) is 5.28. The zero-order chi connectivity index (χ0) is 13.2. The predicted molar refractivity (Wildman–Crippen MR) is 66.1 cm³/mol. The first-order chi connectivity index (χ1) is 8.50. The molecule has 2 rings (SSSR count). The number of piperazine rings is 1. The van der Waals surface area contributed by atoms with Gasteiger partial charge < -0.3 is 4.74 Å². The van der Waals surface area contributed by atoms with Gasteiger partial charge in [0.1, 0.15) is 0 Å². The molecule has 2 fully saturated rings. The number of carbonyl (C=O) groups is 2. The van der Waals surface area contributed by atoms with Gasteiger partial charge in [-0.3, -0.25) is 24.7 Å². The Balaban J connectivity index is 1.90. The summed E-state index contributed by atoms with van der Waals surface area (Å²) in [6.45, 7) is 8.27. The van der Waals surface area contributed by atoms with Crippen LogP contribution in [0.3, 0.4) is 0 Å². The highest BCUT2D eigenvalue weighted by Crippen LogP contribution is 2.13. The standard InChI is InChI=1S/C12H21N3O3/c1-12(2)11(17)15(10(16)9-13-12)4-3-14-5-7-18-8-6-14/h13H,3-9H2,1-2H3. The maximum atomic E-state index is 12.1. The van der Waals surface area contributed by atoms with E-state index in [9.17, 15) is 9.59 Å². The van der Waals surface area contributed by atoms with Crippen molar-refractivity contribution in [1.29, 1.82) is 0 Å². The zero-order valence-electron chi connectivity index (χ0n) is 11.1. The molecule has 0 aromatic carbocycles. The number of nitrogens with one attached hydrogen (secondary N) is 1. The van der Waals surface area contributed by atoms with Crippen LogP contribution in [0.5, 0.6) is 0 Å². The summed E-state index contributed by atoms with van der Waals surface area (Å²) in [5.74, 6) is -0.264. The summed E-state index contributed by atoms with van der Waals surface area (Å²) in [6, 6.07) is 0. The molecule has 0 spiro atoms. The van der Waals surface area contributed by atoms with E-state index in [1.54, 1.807) is 0 Å². The minimum absolute atomic E-state index is 0.132. The number of amides is 2. The predicted octanol–water partition coefficient (Wildman–Crippen LogP) is -0.944. The third-order valence-electron chi connectivity index (χ3n) is 3.51. The van der Waals surface area contributed by atoms with Crippen molar-refractivity contribution in [2.24, 2.45) is 0 Å². The van der Waals surface area contributed by atoms with Crippen LogP contribution in [-0.2, 0) is 14.3 Å². The van der Waals surface area contributed by atoms with Crippen molar-refractivity contribution < 1.29 is 14.3 Å². The van der Waals surface area contributed by atoms with Crippen molar-refractivity contribution in [1.82, 2.24) is 15.1 Å². The maximum absolute atomic E-state index is 12.1. The van der Waals surface area contributed by atoms with Crippen LogP contribution in [0.2, 0.25) is 0 Å². The Morgan fingerprint density at radius 2 is 1.89 bits per heavy atom. The third kappa shape index (κ3) is 2.88. The molecule has 0 aliphatic carbocycles. The molecular weight excluding hydrogens is 234 g/mol. The SMILES string of the molecule is CC1(C)NCC(=O)N(CCN2CCOCC2)C1=O. The first-order valence-electron chi connectivity index (χ1n) is 6.40. The molecule has 6 heteroatoms. The smallest absolute Gasteiger partial charge is 0.248 e. The van der Waals surface area contributed by atoms with Gasteiger partial charge in [0.15, 0.2) is 0 Å². The first kappa shape index (κ1) is 13.5. The summed E-state index contributed by atoms with van der Waals surface area (Å²) in [6.07, 6.45) is 0. The summed E-state index contributed by atoms with van der Waals surface area (Å²) in [4.78, 5) is 27.5. The summed E-state index contributed by atoms with van der Waals surface area (Å²) >= 11 is 0. The van der Waals surface area contributed by atoms with Crippen LogP contribution in [0.25, 0.3) is 0 Å². The molecule has 0 aromatic heterocycles. The summed E-state index contributed by atoms with van der Waals surface area (Å²) in [5.41, 5.74) is -0.640. The van der Waals surface area contributed by atoms with Crippen LogP contribution in [0, 0.1) is 0 Å². The fraction of sp³-hybridized carbons (Fsp3) is 0.833. The van der Waals surface area contributed by atoms with E-state index in [1.165, 1.54) is 4.90 Å². The minimum atomic E-state index is -0.640. The second-order valence-electron chi connectivity index (χ2n) is 5.28. The number of hydrogen-bond acceptors (Lipinski definition) is 5. The van der Waals surface area contributed by atoms with Gasteiger partial charge in [-0.15, -0.1) is 0 Å². The number of hydrogen-bond donors (Lipinski definition) is 1. The van der Waals surface area contributed by atoms with E-state index in [1.807, 2.05) is 13.8 Å². The van der Waals surface area contributed by atoms with Crippen LogP contribution in [0.1, 0.15) is 13.8 Å². The van der Waals surface area contributed by atoms with Crippen LogP contribution < -0.4 is 5.32 Å². The van der Waals surface area contributed by atoms with Crippen LogP contribution >= 0.6 is 0 Å². The number of rotatable bonds is 3. The van der Waals surface area contributed by atoms with Gasteiger partial charge in [-0.2, -0.15) is 0 Å². The van der Waals surface area contributed by atoms with Gasteiger partial charge in [0.2, 0.25) is 11.8 Å². The van der Waals surface area contributed by atoms with E-state index in [-0.39, 0.29) is 18.4 Å². The van der Waals surface area contributed by atoms with Crippen molar-refractivity contribution in [3.63, 3.8) is 0 Å². The lowest BCUT2D eigenvalue weighted by atomic mass is 10.0. The van der Waals surface area contributed by atoms with Gasteiger partial charge in [0.05, 0.1) is 25.3 Å². The second kappa shape index (κ2) is 5.34. The van der Waals surface area contributed by atoms with Crippen molar-refractivity contribution >= 4 is 11.8 Å². The summed E-state index contributed by atoms with van der Waals surface area (Å²) in [7, 11) is 0. The number of morpholine rings is 1. The lowest BCUT2D eigenvalue weighted by Gasteiger charge is -2.37. The molecule has 102 valence electrons. The monoisotopic (exact) mass is 255 g/mol. The molecule has 2 aliphatic rings. The van der Waals surface area contributed by atoms with E-state index < -0.39 is 5.54 Å². The molecule has 2 amide bonds. The van der Waals surface area contributed by atoms with E-state index in [0.29, 0.717) is 6.54 Å². The molecule has 0 unspecified atom stereocenters. The highest BCUT2D eigenvalue weighted by atomic mass is 16.5. The Morgan fingerprint density at radius 1 is 1.22 bits per heavy atom. The normalized spacial score (nSPS) is 25.6. The topological polar surface area (TPSA) is 61.9 Å². The first-order valence-corrected chi connectivity index (χ1v) is 6.40. The molecule has 2 heterocycles. The number of carbonyl (C=O) groups excluding carboxylic acids is 2. The van der Waals surface area contributed by atoms with Gasteiger partial charge in [-0.1, -0.05) is 0 Å². The Morgan fingerprint density at radius 3 is 2.56 bits per heavy atom. The lowest BCUT2D eigenvalue weighted by Crippen LogP contribution is -2.64. The quantitative estimate of drug-likeness (QED) is 0.659. The van der Waals surface area contributed by atoms with Crippen molar-refractivity contribution in [2.45, 2.75) is 19.4 Å². The Bertz CT molecular complexity index is 337.